The number of carbonyl (C=O) groups is 3. The van der Waals surface area contributed by atoms with Gasteiger partial charge < -0.3 is 16.0 Å². The molecule has 7 heteroatoms. The van der Waals surface area contributed by atoms with E-state index in [4.69, 9.17) is 5.73 Å². The van der Waals surface area contributed by atoms with Crippen molar-refractivity contribution >= 4 is 17.8 Å². The summed E-state index contributed by atoms with van der Waals surface area (Å²) in [6.45, 7) is 6.22. The lowest BCUT2D eigenvalue weighted by atomic mass is 9.97. The van der Waals surface area contributed by atoms with Crippen molar-refractivity contribution in [3.63, 3.8) is 0 Å². The van der Waals surface area contributed by atoms with Crippen molar-refractivity contribution in [2.75, 3.05) is 13.6 Å². The Morgan fingerprint density at radius 3 is 2.42 bits per heavy atom. The highest BCUT2D eigenvalue weighted by Gasteiger charge is 2.54. The summed E-state index contributed by atoms with van der Waals surface area (Å²) in [7, 11) is 1.69. The highest BCUT2D eigenvalue weighted by atomic mass is 16.2. The number of likely N-dealkylation sites (N-methyl/N-ethyl adjacent to an activating group) is 1. The Hall–Kier alpha value is -1.63. The summed E-state index contributed by atoms with van der Waals surface area (Å²) in [5.41, 5.74) is 5.25. The van der Waals surface area contributed by atoms with E-state index >= 15 is 0 Å². The molecule has 1 heterocycles. The Labute approximate surface area is 143 Å². The summed E-state index contributed by atoms with van der Waals surface area (Å²) in [6.07, 6.45) is 3.86. The van der Waals surface area contributed by atoms with Crippen molar-refractivity contribution in [2.24, 2.45) is 11.7 Å². The standard InChI is InChI=1S/C17H30N4O3/c1-11(2)13(18)7-10-20(4)14(22)12(3)21-15(23)17(19-16(21)24)8-5-6-9-17/h11-13H,5-10,18H2,1-4H3,(H,19,24). The van der Waals surface area contributed by atoms with Gasteiger partial charge in [0, 0.05) is 19.6 Å². The number of carbonyl (C=O) groups excluding carboxylic acids is 3. The third kappa shape index (κ3) is 3.41. The molecule has 24 heavy (non-hydrogen) atoms. The van der Waals surface area contributed by atoms with Gasteiger partial charge in [-0.25, -0.2) is 9.69 Å². The predicted octanol–water partition coefficient (Wildman–Crippen LogP) is 1.07. The second-order valence-electron chi connectivity index (χ2n) is 7.53. The lowest BCUT2D eigenvalue weighted by Crippen LogP contribution is -2.50. The van der Waals surface area contributed by atoms with Gasteiger partial charge in [0.05, 0.1) is 0 Å². The van der Waals surface area contributed by atoms with Gasteiger partial charge in [-0.05, 0) is 32.1 Å². The summed E-state index contributed by atoms with van der Waals surface area (Å²) >= 11 is 0. The summed E-state index contributed by atoms with van der Waals surface area (Å²) in [5.74, 6) is -0.137. The zero-order chi connectivity index (χ0) is 18.1. The van der Waals surface area contributed by atoms with Crippen LogP contribution in [-0.2, 0) is 9.59 Å². The molecule has 4 amide bonds. The molecular formula is C17H30N4O3. The molecular weight excluding hydrogens is 308 g/mol. The van der Waals surface area contributed by atoms with Crippen LogP contribution in [0.25, 0.3) is 0 Å². The van der Waals surface area contributed by atoms with Gasteiger partial charge in [0.1, 0.15) is 11.6 Å². The van der Waals surface area contributed by atoms with Gasteiger partial charge in [-0.2, -0.15) is 0 Å². The number of hydrogen-bond donors (Lipinski definition) is 2. The molecule has 2 aliphatic rings. The van der Waals surface area contributed by atoms with Crippen LogP contribution in [0.15, 0.2) is 0 Å². The molecule has 1 aliphatic carbocycles. The van der Waals surface area contributed by atoms with E-state index in [1.165, 1.54) is 0 Å². The topological polar surface area (TPSA) is 95.7 Å². The minimum Gasteiger partial charge on any atom is -0.344 e. The molecule has 1 saturated heterocycles. The van der Waals surface area contributed by atoms with Crippen molar-refractivity contribution in [3.8, 4) is 0 Å². The van der Waals surface area contributed by atoms with Crippen molar-refractivity contribution in [1.29, 1.82) is 0 Å². The SMILES string of the molecule is CC(C)C(N)CCN(C)C(=O)C(C)N1C(=O)NC2(CCCC2)C1=O. The molecule has 136 valence electrons. The van der Waals surface area contributed by atoms with Gasteiger partial charge in [0.15, 0.2) is 0 Å². The van der Waals surface area contributed by atoms with Crippen molar-refractivity contribution < 1.29 is 14.4 Å². The van der Waals surface area contributed by atoms with Gasteiger partial charge in [0.2, 0.25) is 5.91 Å². The monoisotopic (exact) mass is 338 g/mol. The highest BCUT2D eigenvalue weighted by Crippen LogP contribution is 2.35. The normalized spacial score (nSPS) is 22.2. The Balaban J connectivity index is 1.99. The molecule has 1 spiro atoms. The highest BCUT2D eigenvalue weighted by molar-refractivity contribution is 6.09. The fraction of sp³-hybridized carbons (Fsp3) is 0.824. The fourth-order valence-electron chi connectivity index (χ4n) is 3.53. The predicted molar refractivity (Wildman–Crippen MR) is 91.1 cm³/mol. The number of imide groups is 1. The van der Waals surface area contributed by atoms with Crippen molar-refractivity contribution in [3.05, 3.63) is 0 Å². The van der Waals surface area contributed by atoms with Gasteiger partial charge in [-0.15, -0.1) is 0 Å². The van der Waals surface area contributed by atoms with Crippen molar-refractivity contribution in [2.45, 2.75) is 70.5 Å². The zero-order valence-electron chi connectivity index (χ0n) is 15.2. The van der Waals surface area contributed by atoms with Gasteiger partial charge in [-0.1, -0.05) is 26.7 Å². The van der Waals surface area contributed by atoms with Crippen LogP contribution in [0.3, 0.4) is 0 Å². The van der Waals surface area contributed by atoms with Crippen LogP contribution in [0.4, 0.5) is 4.79 Å². The number of rotatable bonds is 6. The van der Waals surface area contributed by atoms with Crippen LogP contribution in [0, 0.1) is 5.92 Å². The Bertz CT molecular complexity index is 514. The first kappa shape index (κ1) is 18.7. The number of nitrogens with two attached hydrogens (primary N) is 1. The van der Waals surface area contributed by atoms with Gasteiger partial charge >= 0.3 is 6.03 Å². The maximum atomic E-state index is 12.7. The molecule has 0 aromatic heterocycles. The second kappa shape index (κ2) is 7.09. The van der Waals surface area contributed by atoms with E-state index in [-0.39, 0.29) is 17.9 Å². The van der Waals surface area contributed by atoms with Gasteiger partial charge in [-0.3, -0.25) is 9.59 Å². The van der Waals surface area contributed by atoms with Crippen LogP contribution in [-0.4, -0.2) is 58.9 Å². The molecule has 2 fully saturated rings. The molecule has 0 radical (unpaired) electrons. The maximum absolute atomic E-state index is 12.7. The molecule has 2 unspecified atom stereocenters. The van der Waals surface area contributed by atoms with E-state index in [0.717, 1.165) is 17.7 Å². The number of nitrogens with one attached hydrogen (secondary N) is 1. The second-order valence-corrected chi connectivity index (χ2v) is 7.53. The third-order valence-electron chi connectivity index (χ3n) is 5.43. The van der Waals surface area contributed by atoms with Crippen LogP contribution in [0.5, 0.6) is 0 Å². The smallest absolute Gasteiger partial charge is 0.325 e. The number of nitrogens with zero attached hydrogens (tertiary/aromatic N) is 2. The fourth-order valence-corrected chi connectivity index (χ4v) is 3.53. The number of urea groups is 1. The Kier molecular flexibility index (Phi) is 5.52. The zero-order valence-corrected chi connectivity index (χ0v) is 15.2. The lowest BCUT2D eigenvalue weighted by Gasteiger charge is -2.28. The van der Waals surface area contributed by atoms with E-state index in [2.05, 4.69) is 5.32 Å². The largest absolute Gasteiger partial charge is 0.344 e. The molecule has 3 N–H and O–H groups in total. The quantitative estimate of drug-likeness (QED) is 0.708. The molecule has 0 aromatic carbocycles. The van der Waals surface area contributed by atoms with Crippen LogP contribution < -0.4 is 11.1 Å². The van der Waals surface area contributed by atoms with E-state index in [1.54, 1.807) is 18.9 Å². The van der Waals surface area contributed by atoms with E-state index in [9.17, 15) is 14.4 Å². The first-order valence-electron chi connectivity index (χ1n) is 8.86. The average Bonchev–Trinajstić information content (AvgIpc) is 3.09. The molecule has 2 rings (SSSR count). The van der Waals surface area contributed by atoms with Crippen LogP contribution in [0.1, 0.15) is 52.9 Å². The number of hydrogen-bond acceptors (Lipinski definition) is 4. The van der Waals surface area contributed by atoms with Crippen LogP contribution >= 0.6 is 0 Å². The van der Waals surface area contributed by atoms with Crippen molar-refractivity contribution in [1.82, 2.24) is 15.1 Å². The lowest BCUT2D eigenvalue weighted by molar-refractivity contribution is -0.142. The average molecular weight is 338 g/mol. The molecule has 2 atom stereocenters. The first-order valence-corrected chi connectivity index (χ1v) is 8.86. The molecule has 0 bridgehead atoms. The maximum Gasteiger partial charge on any atom is 0.325 e. The van der Waals surface area contributed by atoms with E-state index in [0.29, 0.717) is 31.7 Å². The summed E-state index contributed by atoms with van der Waals surface area (Å²) in [5, 5.41) is 2.82. The third-order valence-corrected chi connectivity index (χ3v) is 5.43. The minimum atomic E-state index is -0.794. The van der Waals surface area contributed by atoms with E-state index < -0.39 is 17.6 Å². The Morgan fingerprint density at radius 1 is 1.29 bits per heavy atom. The molecule has 1 aliphatic heterocycles. The summed E-state index contributed by atoms with van der Waals surface area (Å²) in [4.78, 5) is 40.3. The van der Waals surface area contributed by atoms with Gasteiger partial charge in [0.25, 0.3) is 5.91 Å². The number of amides is 4. The molecule has 7 nitrogen and oxygen atoms in total. The molecule has 0 aromatic rings. The van der Waals surface area contributed by atoms with Crippen LogP contribution in [0.2, 0.25) is 0 Å². The summed E-state index contributed by atoms with van der Waals surface area (Å²) < 4.78 is 0. The van der Waals surface area contributed by atoms with E-state index in [1.807, 2.05) is 13.8 Å². The molecule has 1 saturated carbocycles. The minimum absolute atomic E-state index is 0.0223. The Morgan fingerprint density at radius 2 is 1.88 bits per heavy atom. The summed E-state index contributed by atoms with van der Waals surface area (Å²) in [6, 6.07) is -1.22. The first-order chi connectivity index (χ1) is 11.2.